The average molecular weight is 515 g/mol. The van der Waals surface area contributed by atoms with E-state index < -0.39 is 12.6 Å². The highest BCUT2D eigenvalue weighted by Gasteiger charge is 2.33. The molecular weight excluding hydrogens is 485 g/mol. The monoisotopic (exact) mass is 514 g/mol. The van der Waals surface area contributed by atoms with E-state index in [0.717, 1.165) is 46.5 Å². The molecule has 2 heterocycles. The molecule has 0 radical (unpaired) electrons. The smallest absolute Gasteiger partial charge is 0.330 e. The van der Waals surface area contributed by atoms with Gasteiger partial charge in [0.2, 0.25) is 0 Å². The van der Waals surface area contributed by atoms with Crippen LogP contribution in [0.5, 0.6) is 0 Å². The highest BCUT2D eigenvalue weighted by atomic mass is 35.5. The van der Waals surface area contributed by atoms with Gasteiger partial charge in [-0.2, -0.15) is 13.2 Å². The molecule has 0 fully saturated rings. The van der Waals surface area contributed by atoms with E-state index in [-0.39, 0.29) is 5.56 Å². The number of imidazole rings is 1. The van der Waals surface area contributed by atoms with Gasteiger partial charge >= 0.3 is 6.18 Å². The molecule has 0 saturated carbocycles. The van der Waals surface area contributed by atoms with Crippen molar-refractivity contribution >= 4 is 23.1 Å². The summed E-state index contributed by atoms with van der Waals surface area (Å²) in [6, 6.07) is 14.2. The number of benzene rings is 2. The number of rotatable bonds is 7. The van der Waals surface area contributed by atoms with Crippen LogP contribution in [0.15, 0.2) is 67.5 Å². The molecule has 2 aromatic carbocycles. The number of hydrogen-bond donors (Lipinski definition) is 0. The Morgan fingerprint density at radius 2 is 1.67 bits per heavy atom. The van der Waals surface area contributed by atoms with Gasteiger partial charge in [-0.25, -0.2) is 4.98 Å². The van der Waals surface area contributed by atoms with Gasteiger partial charge in [-0.1, -0.05) is 75.0 Å². The number of fused-ring (bicyclic) bond motifs is 1. The summed E-state index contributed by atoms with van der Waals surface area (Å²) in [7, 11) is 1.93. The molecule has 0 saturated heterocycles. The lowest BCUT2D eigenvalue weighted by Gasteiger charge is -2.39. The fourth-order valence-electron chi connectivity index (χ4n) is 4.47. The minimum Gasteiger partial charge on any atom is -0.330 e. The number of anilines is 1. The Morgan fingerprint density at radius 3 is 2.31 bits per heavy atom. The zero-order chi connectivity index (χ0) is 26.2. The Morgan fingerprint density at radius 1 is 1.00 bits per heavy atom. The summed E-state index contributed by atoms with van der Waals surface area (Å²) in [5, 5.41) is 0.650. The fourth-order valence-corrected chi connectivity index (χ4v) is 4.60. The Hall–Kier alpha value is -3.19. The molecule has 4 nitrogen and oxygen atoms in total. The molecule has 1 aliphatic rings. The molecule has 8 heteroatoms. The second kappa shape index (κ2) is 10.1. The van der Waals surface area contributed by atoms with Gasteiger partial charge in [0.1, 0.15) is 17.3 Å². The molecule has 36 heavy (non-hydrogen) atoms. The first-order chi connectivity index (χ1) is 16.9. The van der Waals surface area contributed by atoms with Crippen LogP contribution in [-0.2, 0) is 19.4 Å². The zero-order valence-electron chi connectivity index (χ0n) is 20.7. The van der Waals surface area contributed by atoms with Crippen LogP contribution in [0.2, 0.25) is 5.02 Å². The van der Waals surface area contributed by atoms with Crippen molar-refractivity contribution in [1.29, 1.82) is 0 Å². The van der Waals surface area contributed by atoms with Crippen molar-refractivity contribution in [2.75, 3.05) is 18.5 Å². The molecule has 0 bridgehead atoms. The fraction of sp³-hybridized carbons (Fsp3) is 0.321. The standard InChI is InChI=1S/C28H30ClF3N4/c1-18(2)16-35-20(4)34(5)19(3)26-27(35)33-25(36(26)17-21-9-11-24(29)12-10-21)14-22-7-6-8-23(13-22)15-28(30,31)32/h6-13,18H,3-4,14-17H2,1-2,5H3. The first-order valence-electron chi connectivity index (χ1n) is 11.8. The van der Waals surface area contributed by atoms with Gasteiger partial charge in [0, 0.05) is 31.6 Å². The zero-order valence-corrected chi connectivity index (χ0v) is 21.5. The number of nitrogens with zero attached hydrogens (tertiary/aromatic N) is 4. The van der Waals surface area contributed by atoms with Crippen molar-refractivity contribution in [3.8, 4) is 0 Å². The van der Waals surface area contributed by atoms with Crippen molar-refractivity contribution in [2.45, 2.75) is 39.4 Å². The van der Waals surface area contributed by atoms with Gasteiger partial charge in [0.05, 0.1) is 12.1 Å². The maximum absolute atomic E-state index is 13.0. The van der Waals surface area contributed by atoms with E-state index in [1.54, 1.807) is 12.1 Å². The minimum atomic E-state index is -4.26. The molecule has 4 rings (SSSR count). The van der Waals surface area contributed by atoms with Crippen molar-refractivity contribution in [3.05, 3.63) is 101 Å². The third-order valence-corrected chi connectivity index (χ3v) is 6.47. The van der Waals surface area contributed by atoms with Crippen LogP contribution in [0, 0.1) is 5.92 Å². The van der Waals surface area contributed by atoms with E-state index in [1.807, 2.05) is 42.3 Å². The average Bonchev–Trinajstić information content (AvgIpc) is 3.13. The predicted octanol–water partition coefficient (Wildman–Crippen LogP) is 7.13. The molecule has 0 N–H and O–H groups in total. The summed E-state index contributed by atoms with van der Waals surface area (Å²) in [5.74, 6) is 2.67. The lowest BCUT2D eigenvalue weighted by Crippen LogP contribution is -2.39. The summed E-state index contributed by atoms with van der Waals surface area (Å²) < 4.78 is 41.1. The highest BCUT2D eigenvalue weighted by molar-refractivity contribution is 6.30. The molecule has 0 amide bonds. The van der Waals surface area contributed by atoms with Crippen LogP contribution in [0.3, 0.4) is 0 Å². The normalized spacial score (nSPS) is 14.1. The van der Waals surface area contributed by atoms with Crippen molar-refractivity contribution < 1.29 is 13.2 Å². The molecule has 1 aromatic heterocycles. The van der Waals surface area contributed by atoms with Crippen LogP contribution in [-0.4, -0.2) is 34.2 Å². The van der Waals surface area contributed by atoms with E-state index in [0.29, 0.717) is 23.9 Å². The molecule has 190 valence electrons. The molecule has 0 aliphatic carbocycles. The Labute approximate surface area is 215 Å². The van der Waals surface area contributed by atoms with Crippen LogP contribution in [0.4, 0.5) is 19.0 Å². The van der Waals surface area contributed by atoms with Gasteiger partial charge in [0.15, 0.2) is 5.82 Å². The van der Waals surface area contributed by atoms with Gasteiger partial charge < -0.3 is 14.4 Å². The van der Waals surface area contributed by atoms with E-state index in [4.69, 9.17) is 16.6 Å². The lowest BCUT2D eigenvalue weighted by atomic mass is 10.1. The van der Waals surface area contributed by atoms with E-state index in [1.165, 1.54) is 6.07 Å². The van der Waals surface area contributed by atoms with E-state index in [2.05, 4.69) is 36.5 Å². The van der Waals surface area contributed by atoms with Crippen molar-refractivity contribution in [1.82, 2.24) is 14.5 Å². The van der Waals surface area contributed by atoms with Crippen LogP contribution in [0.25, 0.3) is 5.70 Å². The largest absolute Gasteiger partial charge is 0.393 e. The third kappa shape index (κ3) is 5.62. The van der Waals surface area contributed by atoms with Crippen molar-refractivity contribution in [2.24, 2.45) is 5.92 Å². The SMILES string of the molecule is C=C1c2c(nc(Cc3cccc(CC(F)(F)F)c3)n2Cc2ccc(Cl)cc2)N(CC(C)C)C(=C)N1C. The van der Waals surface area contributed by atoms with Crippen LogP contribution in [0.1, 0.15) is 42.1 Å². The molecule has 0 unspecified atom stereocenters. The summed E-state index contributed by atoms with van der Waals surface area (Å²) in [5.41, 5.74) is 3.68. The quantitative estimate of drug-likeness (QED) is 0.335. The van der Waals surface area contributed by atoms with E-state index in [9.17, 15) is 13.2 Å². The number of hydrogen-bond acceptors (Lipinski definition) is 3. The van der Waals surface area contributed by atoms with Gasteiger partial charge in [0.25, 0.3) is 0 Å². The van der Waals surface area contributed by atoms with E-state index >= 15 is 0 Å². The molecular formula is C28H30ClF3N4. The topological polar surface area (TPSA) is 24.3 Å². The summed E-state index contributed by atoms with van der Waals surface area (Å²) >= 11 is 6.10. The summed E-state index contributed by atoms with van der Waals surface area (Å²) in [6.07, 6.45) is -4.84. The lowest BCUT2D eigenvalue weighted by molar-refractivity contribution is -0.127. The molecule has 0 atom stereocenters. The number of aromatic nitrogens is 2. The summed E-state index contributed by atoms with van der Waals surface area (Å²) in [4.78, 5) is 9.08. The number of halogens is 4. The highest BCUT2D eigenvalue weighted by Crippen LogP contribution is 2.39. The summed E-state index contributed by atoms with van der Waals surface area (Å²) in [6.45, 7) is 14.1. The van der Waals surface area contributed by atoms with Crippen molar-refractivity contribution in [3.63, 3.8) is 0 Å². The first-order valence-corrected chi connectivity index (χ1v) is 12.2. The van der Waals surface area contributed by atoms with Gasteiger partial charge in [-0.3, -0.25) is 0 Å². The maximum Gasteiger partial charge on any atom is 0.393 e. The molecule has 0 spiro atoms. The second-order valence-electron chi connectivity index (χ2n) is 9.63. The number of alkyl halides is 3. The Kier molecular flexibility index (Phi) is 7.23. The van der Waals surface area contributed by atoms with Crippen LogP contribution >= 0.6 is 11.6 Å². The minimum absolute atomic E-state index is 0.236. The Bertz CT molecular complexity index is 1270. The Balaban J connectivity index is 1.81. The van der Waals surface area contributed by atoms with Gasteiger partial charge in [-0.05, 0) is 34.7 Å². The molecule has 3 aromatic rings. The maximum atomic E-state index is 13.0. The predicted molar refractivity (Wildman–Crippen MR) is 140 cm³/mol. The first kappa shape index (κ1) is 25.9. The second-order valence-corrected chi connectivity index (χ2v) is 10.1. The third-order valence-electron chi connectivity index (χ3n) is 6.22. The van der Waals surface area contributed by atoms with Gasteiger partial charge in [-0.15, -0.1) is 0 Å². The van der Waals surface area contributed by atoms with Crippen LogP contribution < -0.4 is 4.90 Å². The molecule has 1 aliphatic heterocycles.